The summed E-state index contributed by atoms with van der Waals surface area (Å²) in [6, 6.07) is 12.6. The molecule has 182 valence electrons. The van der Waals surface area contributed by atoms with Crippen LogP contribution in [0.15, 0.2) is 60.9 Å². The Morgan fingerprint density at radius 2 is 2.08 bits per heavy atom. The Balaban J connectivity index is 1.39. The molecule has 0 radical (unpaired) electrons. The van der Waals surface area contributed by atoms with Crippen molar-refractivity contribution in [2.45, 2.75) is 26.4 Å². The first kappa shape index (κ1) is 23.6. The van der Waals surface area contributed by atoms with Gasteiger partial charge in [0, 0.05) is 68.6 Å². The topological polar surface area (TPSA) is 46.6 Å². The summed E-state index contributed by atoms with van der Waals surface area (Å²) in [6.45, 7) is 11.9. The molecule has 7 heteroatoms. The summed E-state index contributed by atoms with van der Waals surface area (Å²) in [4.78, 5) is 19.2. The summed E-state index contributed by atoms with van der Waals surface area (Å²) in [5.74, 6) is -0.197. The molecule has 2 aromatic heterocycles. The molecule has 36 heavy (non-hydrogen) atoms. The second-order valence-electron chi connectivity index (χ2n) is 9.31. The number of benzene rings is 2. The highest BCUT2D eigenvalue weighted by Gasteiger charge is 2.26. The molecular formula is C29H28FN5O. The highest BCUT2D eigenvalue weighted by atomic mass is 19.1. The fourth-order valence-electron chi connectivity index (χ4n) is 4.83. The normalized spacial score (nSPS) is 13.7. The van der Waals surface area contributed by atoms with E-state index in [4.69, 9.17) is 6.57 Å². The molecule has 3 heterocycles. The lowest BCUT2D eigenvalue weighted by molar-refractivity contribution is 0.240. The second-order valence-corrected chi connectivity index (χ2v) is 9.31. The van der Waals surface area contributed by atoms with E-state index in [0.29, 0.717) is 24.3 Å². The van der Waals surface area contributed by atoms with Crippen LogP contribution in [0.4, 0.5) is 14.9 Å². The molecule has 4 aromatic rings. The first-order valence-corrected chi connectivity index (χ1v) is 12.0. The molecule has 0 fully saturated rings. The Kier molecular flexibility index (Phi) is 6.45. The van der Waals surface area contributed by atoms with Gasteiger partial charge < -0.3 is 9.88 Å². The number of aryl methyl sites for hydroxylation is 2. The number of fused-ring (bicyclic) bond motifs is 3. The van der Waals surface area contributed by atoms with Crippen LogP contribution in [0.1, 0.15) is 27.9 Å². The van der Waals surface area contributed by atoms with Crippen LogP contribution in [0.2, 0.25) is 0 Å². The zero-order chi connectivity index (χ0) is 25.2. The maximum atomic E-state index is 13.9. The van der Waals surface area contributed by atoms with E-state index in [0.717, 1.165) is 52.8 Å². The Morgan fingerprint density at radius 3 is 2.83 bits per heavy atom. The van der Waals surface area contributed by atoms with Gasteiger partial charge in [0.1, 0.15) is 5.82 Å². The van der Waals surface area contributed by atoms with E-state index >= 15 is 0 Å². The van der Waals surface area contributed by atoms with E-state index in [-0.39, 0.29) is 11.8 Å². The number of nitrogens with zero attached hydrogens (tertiary/aromatic N) is 4. The summed E-state index contributed by atoms with van der Waals surface area (Å²) in [6.07, 6.45) is 8.66. The predicted octanol–water partition coefficient (Wildman–Crippen LogP) is 5.81. The lowest BCUT2D eigenvalue weighted by Gasteiger charge is -2.27. The molecule has 0 unspecified atom stereocenters. The summed E-state index contributed by atoms with van der Waals surface area (Å²) >= 11 is 0. The molecule has 1 N–H and O–H groups in total. The van der Waals surface area contributed by atoms with Crippen molar-refractivity contribution in [3.8, 4) is 0 Å². The number of carbonyl (C=O) groups is 1. The standard InChI is InChI=1S/C29H28FN5O/c1-20-6-7-21(15-26(20)30)5-4-12-34-14-11-27-25(19-34)24-9-8-23(31-2)16-28(24)35(27)29(36)32-17-22-10-13-33(3)18-22/h4-10,13,15-16,18H,11-12,14,17,19H2,1,3H3,(H,32,36)/b5-4+. The lowest BCUT2D eigenvalue weighted by Crippen LogP contribution is -2.34. The smallest absolute Gasteiger partial charge is 0.326 e. The van der Waals surface area contributed by atoms with Crippen molar-refractivity contribution in [2.24, 2.45) is 7.05 Å². The number of aromatic nitrogens is 2. The van der Waals surface area contributed by atoms with Crippen molar-refractivity contribution in [1.82, 2.24) is 19.4 Å². The Bertz CT molecular complexity index is 1520. The first-order valence-electron chi connectivity index (χ1n) is 12.0. The largest absolute Gasteiger partial charge is 0.357 e. The third-order valence-corrected chi connectivity index (χ3v) is 6.75. The second kappa shape index (κ2) is 9.84. The van der Waals surface area contributed by atoms with Gasteiger partial charge in [0.15, 0.2) is 5.69 Å². The molecular weight excluding hydrogens is 453 g/mol. The Hall–Kier alpha value is -4.15. The van der Waals surface area contributed by atoms with Gasteiger partial charge in [0.25, 0.3) is 0 Å². The van der Waals surface area contributed by atoms with Crippen molar-refractivity contribution in [2.75, 3.05) is 13.1 Å². The SMILES string of the molecule is [C-]#[N+]c1ccc2c3c(n(C(=O)NCc4ccn(C)c4)c2c1)CCN(C/C=C/c1ccc(C)c(F)c1)C3. The summed E-state index contributed by atoms with van der Waals surface area (Å²) < 4.78 is 17.6. The van der Waals surface area contributed by atoms with Gasteiger partial charge in [-0.05, 0) is 47.4 Å². The Labute approximate surface area is 210 Å². The predicted molar refractivity (Wildman–Crippen MR) is 140 cm³/mol. The molecule has 0 atom stereocenters. The van der Waals surface area contributed by atoms with Gasteiger partial charge in [0.2, 0.25) is 0 Å². The molecule has 0 aliphatic carbocycles. The third kappa shape index (κ3) is 4.68. The molecule has 1 aliphatic heterocycles. The average molecular weight is 482 g/mol. The van der Waals surface area contributed by atoms with Gasteiger partial charge in [-0.15, -0.1) is 0 Å². The zero-order valence-electron chi connectivity index (χ0n) is 20.5. The van der Waals surface area contributed by atoms with Crippen LogP contribution >= 0.6 is 0 Å². The number of carbonyl (C=O) groups excluding carboxylic acids is 1. The van der Waals surface area contributed by atoms with Gasteiger partial charge >= 0.3 is 6.03 Å². The zero-order valence-corrected chi connectivity index (χ0v) is 20.5. The van der Waals surface area contributed by atoms with Crippen LogP contribution in [-0.4, -0.2) is 33.2 Å². The van der Waals surface area contributed by atoms with Gasteiger partial charge in [-0.25, -0.2) is 14.0 Å². The number of hydrogen-bond acceptors (Lipinski definition) is 2. The molecule has 0 saturated heterocycles. The highest BCUT2D eigenvalue weighted by molar-refractivity contribution is 5.97. The van der Waals surface area contributed by atoms with E-state index in [9.17, 15) is 9.18 Å². The average Bonchev–Trinajstić information content (AvgIpc) is 3.44. The number of rotatable bonds is 5. The van der Waals surface area contributed by atoms with Crippen LogP contribution in [-0.2, 0) is 26.6 Å². The number of amides is 1. The van der Waals surface area contributed by atoms with E-state index in [1.807, 2.05) is 54.3 Å². The summed E-state index contributed by atoms with van der Waals surface area (Å²) in [5.41, 5.74) is 5.92. The lowest BCUT2D eigenvalue weighted by atomic mass is 10.0. The van der Waals surface area contributed by atoms with Crippen molar-refractivity contribution in [1.29, 1.82) is 0 Å². The van der Waals surface area contributed by atoms with Gasteiger partial charge in [-0.2, -0.15) is 0 Å². The quantitative estimate of drug-likeness (QED) is 0.366. The molecule has 2 aromatic carbocycles. The van der Waals surface area contributed by atoms with Gasteiger partial charge in [0.05, 0.1) is 6.57 Å². The minimum atomic E-state index is -0.197. The van der Waals surface area contributed by atoms with E-state index in [1.54, 1.807) is 29.7 Å². The minimum Gasteiger partial charge on any atom is -0.357 e. The third-order valence-electron chi connectivity index (χ3n) is 6.75. The van der Waals surface area contributed by atoms with Crippen LogP contribution in [0, 0.1) is 19.3 Å². The van der Waals surface area contributed by atoms with Crippen molar-refractivity contribution in [3.05, 3.63) is 106 Å². The summed E-state index contributed by atoms with van der Waals surface area (Å²) in [7, 11) is 1.95. The van der Waals surface area contributed by atoms with E-state index < -0.39 is 0 Å². The first-order chi connectivity index (χ1) is 17.4. The van der Waals surface area contributed by atoms with Crippen LogP contribution in [0.5, 0.6) is 0 Å². The Morgan fingerprint density at radius 1 is 1.22 bits per heavy atom. The molecule has 0 spiro atoms. The molecule has 5 rings (SSSR count). The molecule has 6 nitrogen and oxygen atoms in total. The molecule has 1 amide bonds. The van der Waals surface area contributed by atoms with Gasteiger partial charge in [-0.3, -0.25) is 9.47 Å². The van der Waals surface area contributed by atoms with Crippen molar-refractivity contribution in [3.63, 3.8) is 0 Å². The maximum absolute atomic E-state index is 13.9. The number of halogens is 1. The fraction of sp³-hybridized carbons (Fsp3) is 0.241. The van der Waals surface area contributed by atoms with Crippen LogP contribution in [0.25, 0.3) is 21.8 Å². The van der Waals surface area contributed by atoms with Crippen molar-refractivity contribution >= 4 is 28.7 Å². The highest BCUT2D eigenvalue weighted by Crippen LogP contribution is 2.33. The number of nitrogens with one attached hydrogen (secondary N) is 1. The van der Waals surface area contributed by atoms with Crippen molar-refractivity contribution < 1.29 is 9.18 Å². The minimum absolute atomic E-state index is 0.179. The number of hydrogen-bond donors (Lipinski definition) is 1. The van der Waals surface area contributed by atoms with E-state index in [1.165, 1.54) is 0 Å². The van der Waals surface area contributed by atoms with Gasteiger partial charge in [-0.1, -0.05) is 36.4 Å². The molecule has 1 aliphatic rings. The summed E-state index contributed by atoms with van der Waals surface area (Å²) in [5, 5.41) is 4.05. The monoisotopic (exact) mass is 481 g/mol. The van der Waals surface area contributed by atoms with E-state index in [2.05, 4.69) is 21.1 Å². The fourth-order valence-corrected chi connectivity index (χ4v) is 4.83. The molecule has 0 bridgehead atoms. The molecule has 0 saturated carbocycles. The van der Waals surface area contributed by atoms with Crippen LogP contribution in [0.3, 0.4) is 0 Å². The maximum Gasteiger partial charge on any atom is 0.326 e. The van der Waals surface area contributed by atoms with Crippen LogP contribution < -0.4 is 5.32 Å².